The maximum atomic E-state index is 11.0. The molecule has 0 unspecified atom stereocenters. The summed E-state index contributed by atoms with van der Waals surface area (Å²) in [6.07, 6.45) is 1.03. The van der Waals surface area contributed by atoms with Crippen LogP contribution in [0.2, 0.25) is 0 Å². The molecule has 0 aliphatic carbocycles. The third-order valence-corrected chi connectivity index (χ3v) is 4.60. The lowest BCUT2D eigenvalue weighted by Gasteiger charge is -2.20. The first kappa shape index (κ1) is 15.9. The molecule has 0 fully saturated rings. The van der Waals surface area contributed by atoms with E-state index in [0.717, 1.165) is 27.2 Å². The van der Waals surface area contributed by atoms with Gasteiger partial charge >= 0.3 is 0 Å². The van der Waals surface area contributed by atoms with Crippen molar-refractivity contribution in [2.75, 3.05) is 5.23 Å². The van der Waals surface area contributed by atoms with E-state index in [1.165, 1.54) is 16.9 Å². The van der Waals surface area contributed by atoms with E-state index in [4.69, 9.17) is 5.21 Å². The third kappa shape index (κ3) is 3.69. The monoisotopic (exact) mass is 327 g/mol. The predicted molar refractivity (Wildman–Crippen MR) is 95.8 cm³/mol. The van der Waals surface area contributed by atoms with E-state index in [2.05, 4.69) is 50.0 Å². The Bertz CT molecular complexity index is 817. The van der Waals surface area contributed by atoms with Crippen molar-refractivity contribution in [1.29, 1.82) is 0 Å². The second-order valence-electron chi connectivity index (χ2n) is 6.88. The summed E-state index contributed by atoms with van der Waals surface area (Å²) in [5, 5.41) is 20.8. The topological polar surface area (TPSA) is 59.4 Å². The lowest BCUT2D eigenvalue weighted by atomic mass is 9.88. The van der Waals surface area contributed by atoms with Gasteiger partial charge in [0.05, 0.1) is 15.9 Å². The molecule has 3 aromatic rings. The molecule has 120 valence electrons. The van der Waals surface area contributed by atoms with Gasteiger partial charge in [-0.2, -0.15) is 0 Å². The summed E-state index contributed by atoms with van der Waals surface area (Å²) >= 11 is 1.51. The lowest BCUT2D eigenvalue weighted by Crippen LogP contribution is -2.08. The molecular weight excluding hydrogens is 308 g/mol. The highest BCUT2D eigenvalue weighted by atomic mass is 32.1. The van der Waals surface area contributed by atoms with Gasteiger partial charge in [-0.15, -0.1) is 11.3 Å². The smallest absolute Gasteiger partial charge is 0.124 e. The van der Waals surface area contributed by atoms with Gasteiger partial charge in [0.2, 0.25) is 0 Å². The van der Waals surface area contributed by atoms with E-state index in [1.54, 1.807) is 18.2 Å². The molecule has 1 aromatic heterocycles. The molecule has 0 aliphatic rings. The summed E-state index contributed by atoms with van der Waals surface area (Å²) in [4.78, 5) is 4.60. The number of thiazole rings is 1. The van der Waals surface area contributed by atoms with Gasteiger partial charge < -0.3 is 10.4 Å². The molecule has 0 aliphatic heterocycles. The van der Waals surface area contributed by atoms with Crippen molar-refractivity contribution >= 4 is 27.2 Å². The number of rotatable bonds is 3. The highest BCUT2D eigenvalue weighted by Gasteiger charge is 2.12. The number of aromatic nitrogens is 1. The van der Waals surface area contributed by atoms with E-state index < -0.39 is 0 Å². The second kappa shape index (κ2) is 5.92. The van der Waals surface area contributed by atoms with Crippen LogP contribution < -0.4 is 5.23 Å². The lowest BCUT2D eigenvalue weighted by molar-refractivity contribution is 0.296. The van der Waals surface area contributed by atoms with Crippen molar-refractivity contribution in [3.8, 4) is 10.6 Å². The van der Waals surface area contributed by atoms with Crippen LogP contribution in [0, 0.1) is 10.6 Å². The minimum atomic E-state index is -0.125. The molecule has 0 saturated carbocycles. The van der Waals surface area contributed by atoms with Crippen molar-refractivity contribution in [3.63, 3.8) is 0 Å². The Hall–Kier alpha value is -1.95. The van der Waals surface area contributed by atoms with E-state index in [1.807, 2.05) is 0 Å². The second-order valence-corrected chi connectivity index (χ2v) is 7.91. The number of hydrogen-bond acceptors (Lipinski definition) is 5. The molecule has 0 atom stereocenters. The van der Waals surface area contributed by atoms with Crippen LogP contribution in [0.15, 0.2) is 42.5 Å². The standard InChI is InChI=1S/C18H19N2O2S/c1-18(2,3)11-12-4-6-13(7-5-12)17-19-15-9-8-14(20(21)22)10-16(15)23-17/h4-10,21H,11H2,1-3H3/q-1. The van der Waals surface area contributed by atoms with Crippen LogP contribution in [0.25, 0.3) is 20.8 Å². The van der Waals surface area contributed by atoms with Crippen molar-refractivity contribution in [3.05, 3.63) is 53.2 Å². The van der Waals surface area contributed by atoms with E-state index in [9.17, 15) is 5.21 Å². The van der Waals surface area contributed by atoms with Crippen LogP contribution >= 0.6 is 11.3 Å². The maximum absolute atomic E-state index is 11.0. The SMILES string of the molecule is CC(C)(C)Cc1ccc(-c2nc3ccc(N([O-])O)cc3s2)cc1. The van der Waals surface area contributed by atoms with Crippen LogP contribution in [-0.4, -0.2) is 10.2 Å². The molecule has 1 N–H and O–H groups in total. The number of benzene rings is 2. The molecule has 1 heterocycles. The summed E-state index contributed by atoms with van der Waals surface area (Å²) in [5.74, 6) is 0. The first-order valence-electron chi connectivity index (χ1n) is 7.48. The molecule has 4 nitrogen and oxygen atoms in total. The zero-order chi connectivity index (χ0) is 16.6. The summed E-state index contributed by atoms with van der Waals surface area (Å²) < 4.78 is 0.881. The normalized spacial score (nSPS) is 11.9. The molecule has 23 heavy (non-hydrogen) atoms. The van der Waals surface area contributed by atoms with Crippen molar-refractivity contribution < 1.29 is 5.21 Å². The summed E-state index contributed by atoms with van der Waals surface area (Å²) in [7, 11) is 0. The van der Waals surface area contributed by atoms with Gasteiger partial charge in [-0.05, 0) is 35.6 Å². The third-order valence-electron chi connectivity index (χ3n) is 3.53. The Labute approximate surface area is 139 Å². The van der Waals surface area contributed by atoms with Gasteiger partial charge in [-0.1, -0.05) is 45.0 Å². The number of nitrogens with zero attached hydrogens (tertiary/aromatic N) is 2. The molecule has 2 aromatic carbocycles. The fourth-order valence-electron chi connectivity index (χ4n) is 2.53. The van der Waals surface area contributed by atoms with Crippen LogP contribution in [0.4, 0.5) is 5.69 Å². The molecule has 0 radical (unpaired) electrons. The zero-order valence-electron chi connectivity index (χ0n) is 13.4. The van der Waals surface area contributed by atoms with Gasteiger partial charge in [0.1, 0.15) is 5.01 Å². The number of fused-ring (bicyclic) bond motifs is 1. The predicted octanol–water partition coefficient (Wildman–Crippen LogP) is 5.25. The van der Waals surface area contributed by atoms with E-state index >= 15 is 0 Å². The molecule has 0 bridgehead atoms. The van der Waals surface area contributed by atoms with E-state index in [-0.39, 0.29) is 16.3 Å². The van der Waals surface area contributed by atoms with Crippen LogP contribution in [0.1, 0.15) is 26.3 Å². The number of anilines is 1. The highest BCUT2D eigenvalue weighted by molar-refractivity contribution is 7.21. The summed E-state index contributed by atoms with van der Waals surface area (Å²) in [6, 6.07) is 13.4. The van der Waals surface area contributed by atoms with Gasteiger partial charge in [0.15, 0.2) is 0 Å². The maximum Gasteiger partial charge on any atom is 0.124 e. The number of hydrogen-bond donors (Lipinski definition) is 1. The van der Waals surface area contributed by atoms with Crippen LogP contribution in [-0.2, 0) is 6.42 Å². The van der Waals surface area contributed by atoms with Gasteiger partial charge in [-0.25, -0.2) is 4.98 Å². The molecule has 3 rings (SSSR count). The fourth-order valence-corrected chi connectivity index (χ4v) is 3.54. The molecule has 0 spiro atoms. The Morgan fingerprint density at radius 2 is 1.83 bits per heavy atom. The van der Waals surface area contributed by atoms with Gasteiger partial charge in [-0.3, -0.25) is 5.21 Å². The van der Waals surface area contributed by atoms with Gasteiger partial charge in [0.25, 0.3) is 0 Å². The Balaban J connectivity index is 1.90. The average Bonchev–Trinajstić information content (AvgIpc) is 2.89. The fraction of sp³-hybridized carbons (Fsp3) is 0.278. The first-order valence-corrected chi connectivity index (χ1v) is 8.29. The molecule has 0 saturated heterocycles. The van der Waals surface area contributed by atoms with Crippen LogP contribution in [0.3, 0.4) is 0 Å². The van der Waals surface area contributed by atoms with Crippen LogP contribution in [0.5, 0.6) is 0 Å². The largest absolute Gasteiger partial charge is 0.733 e. The molecule has 0 amide bonds. The molecule has 5 heteroatoms. The zero-order valence-corrected chi connectivity index (χ0v) is 14.2. The summed E-state index contributed by atoms with van der Waals surface area (Å²) in [6.45, 7) is 6.69. The average molecular weight is 327 g/mol. The Morgan fingerprint density at radius 1 is 1.13 bits per heavy atom. The van der Waals surface area contributed by atoms with Crippen molar-refractivity contribution in [2.45, 2.75) is 27.2 Å². The minimum Gasteiger partial charge on any atom is -0.733 e. The quantitative estimate of drug-likeness (QED) is 0.668. The van der Waals surface area contributed by atoms with E-state index in [0.29, 0.717) is 0 Å². The Kier molecular flexibility index (Phi) is 4.10. The van der Waals surface area contributed by atoms with Crippen molar-refractivity contribution in [2.24, 2.45) is 5.41 Å². The molecular formula is C18H19N2O2S-. The first-order chi connectivity index (χ1) is 10.8. The van der Waals surface area contributed by atoms with Gasteiger partial charge in [0, 0.05) is 5.56 Å². The Morgan fingerprint density at radius 3 is 2.43 bits per heavy atom. The summed E-state index contributed by atoms with van der Waals surface area (Å²) in [5.41, 5.74) is 3.69. The highest BCUT2D eigenvalue weighted by Crippen LogP contribution is 2.33. The minimum absolute atomic E-state index is 0.125. The van der Waals surface area contributed by atoms with Crippen molar-refractivity contribution in [1.82, 2.24) is 4.98 Å².